The minimum atomic E-state index is -0.219. The second-order valence-electron chi connectivity index (χ2n) is 5.00. The van der Waals surface area contributed by atoms with E-state index in [0.29, 0.717) is 30.4 Å². The van der Waals surface area contributed by atoms with Crippen molar-refractivity contribution >= 4 is 23.5 Å². The number of aromatic nitrogens is 1. The molecule has 1 aromatic heterocycles. The highest BCUT2D eigenvalue weighted by Gasteiger charge is 2.30. The topological polar surface area (TPSA) is 51.5 Å². The quantitative estimate of drug-likeness (QED) is 0.803. The van der Waals surface area contributed by atoms with Crippen LogP contribution in [0.1, 0.15) is 30.3 Å². The van der Waals surface area contributed by atoms with E-state index in [0.717, 1.165) is 12.8 Å². The van der Waals surface area contributed by atoms with Gasteiger partial charge in [0.1, 0.15) is 5.69 Å². The van der Waals surface area contributed by atoms with Gasteiger partial charge in [-0.25, -0.2) is 0 Å². The van der Waals surface area contributed by atoms with E-state index in [1.165, 1.54) is 0 Å². The highest BCUT2D eigenvalue weighted by atomic mass is 35.5. The van der Waals surface area contributed by atoms with Crippen LogP contribution in [-0.4, -0.2) is 41.0 Å². The molecule has 0 unspecified atom stereocenters. The van der Waals surface area contributed by atoms with Crippen LogP contribution in [0.5, 0.6) is 0 Å². The summed E-state index contributed by atoms with van der Waals surface area (Å²) in [5.74, 6) is -0.522. The lowest BCUT2D eigenvalue weighted by Crippen LogP contribution is -2.43. The molecule has 1 fully saturated rings. The summed E-state index contributed by atoms with van der Waals surface area (Å²) < 4.78 is 6.75. The number of ether oxygens (including phenoxy) is 1. The second kappa shape index (κ2) is 6.31. The van der Waals surface area contributed by atoms with Gasteiger partial charge in [0.25, 0.3) is 5.91 Å². The molecule has 1 amide bonds. The van der Waals surface area contributed by atoms with Crippen LogP contribution in [0, 0.1) is 5.92 Å². The number of hydrogen-bond acceptors (Lipinski definition) is 3. The van der Waals surface area contributed by atoms with Gasteiger partial charge in [0.05, 0.1) is 17.5 Å². The Labute approximate surface area is 123 Å². The van der Waals surface area contributed by atoms with Gasteiger partial charge in [-0.3, -0.25) is 9.59 Å². The average molecular weight is 299 g/mol. The smallest absolute Gasteiger partial charge is 0.310 e. The van der Waals surface area contributed by atoms with Crippen LogP contribution in [-0.2, 0) is 16.6 Å². The minimum absolute atomic E-state index is 0.0894. The standard InChI is InChI=1S/C14H19ClN2O3/c1-3-20-14(19)10-5-4-6-17(8-10)13(18)12-7-11(15)9-16(12)2/h7,9-10H,3-6,8H2,1-2H3/t10-/m0/s1. The van der Waals surface area contributed by atoms with Crippen molar-refractivity contribution in [3.05, 3.63) is 23.0 Å². The lowest BCUT2D eigenvalue weighted by Gasteiger charge is -2.31. The largest absolute Gasteiger partial charge is 0.466 e. The maximum Gasteiger partial charge on any atom is 0.310 e. The molecule has 1 aliphatic heterocycles. The normalized spacial score (nSPS) is 18.9. The molecule has 5 nitrogen and oxygen atoms in total. The molecule has 110 valence electrons. The van der Waals surface area contributed by atoms with E-state index >= 15 is 0 Å². The molecule has 0 aliphatic carbocycles. The molecule has 1 aliphatic rings. The summed E-state index contributed by atoms with van der Waals surface area (Å²) in [6, 6.07) is 1.65. The molecule has 2 rings (SSSR count). The number of rotatable bonds is 3. The first-order chi connectivity index (χ1) is 9.52. The molecule has 2 heterocycles. The minimum Gasteiger partial charge on any atom is -0.466 e. The molecule has 1 aromatic rings. The number of halogens is 1. The fourth-order valence-electron chi connectivity index (χ4n) is 2.51. The average Bonchev–Trinajstić information content (AvgIpc) is 2.77. The monoisotopic (exact) mass is 298 g/mol. The number of carbonyl (C=O) groups excluding carboxylic acids is 2. The zero-order valence-electron chi connectivity index (χ0n) is 11.8. The molecule has 6 heteroatoms. The third-order valence-corrected chi connectivity index (χ3v) is 3.73. The van der Waals surface area contributed by atoms with Crippen LogP contribution < -0.4 is 0 Å². The Morgan fingerprint density at radius 1 is 1.50 bits per heavy atom. The number of esters is 1. The number of likely N-dealkylation sites (tertiary alicyclic amines) is 1. The summed E-state index contributed by atoms with van der Waals surface area (Å²) in [5.41, 5.74) is 0.541. The molecular formula is C14H19ClN2O3. The summed E-state index contributed by atoms with van der Waals surface area (Å²) in [7, 11) is 1.78. The van der Waals surface area contributed by atoms with Crippen LogP contribution in [0.3, 0.4) is 0 Å². The number of amides is 1. The van der Waals surface area contributed by atoms with Crippen molar-refractivity contribution in [1.82, 2.24) is 9.47 Å². The maximum atomic E-state index is 12.5. The summed E-state index contributed by atoms with van der Waals surface area (Å²) in [6.07, 6.45) is 3.28. The predicted octanol–water partition coefficient (Wildman–Crippen LogP) is 2.09. The van der Waals surface area contributed by atoms with E-state index in [-0.39, 0.29) is 17.8 Å². The first-order valence-electron chi connectivity index (χ1n) is 6.80. The Morgan fingerprint density at radius 3 is 2.85 bits per heavy atom. The van der Waals surface area contributed by atoms with Gasteiger partial charge in [0, 0.05) is 26.3 Å². The van der Waals surface area contributed by atoms with Gasteiger partial charge in [-0.05, 0) is 25.8 Å². The highest BCUT2D eigenvalue weighted by molar-refractivity contribution is 6.31. The van der Waals surface area contributed by atoms with Crippen molar-refractivity contribution in [2.24, 2.45) is 13.0 Å². The molecule has 0 radical (unpaired) electrons. The first-order valence-corrected chi connectivity index (χ1v) is 7.18. The van der Waals surface area contributed by atoms with E-state index in [2.05, 4.69) is 0 Å². The van der Waals surface area contributed by atoms with Crippen LogP contribution in [0.25, 0.3) is 0 Å². The highest BCUT2D eigenvalue weighted by Crippen LogP contribution is 2.21. The third kappa shape index (κ3) is 3.15. The van der Waals surface area contributed by atoms with Crippen LogP contribution in [0.2, 0.25) is 5.02 Å². The van der Waals surface area contributed by atoms with Gasteiger partial charge in [-0.1, -0.05) is 11.6 Å². The Kier molecular flexibility index (Phi) is 4.70. The van der Waals surface area contributed by atoms with Crippen LogP contribution in [0.15, 0.2) is 12.3 Å². The van der Waals surface area contributed by atoms with Crippen molar-refractivity contribution in [3.8, 4) is 0 Å². The van der Waals surface area contributed by atoms with E-state index < -0.39 is 0 Å². The Morgan fingerprint density at radius 2 is 2.25 bits per heavy atom. The fraction of sp³-hybridized carbons (Fsp3) is 0.571. The molecule has 0 saturated carbocycles. The summed E-state index contributed by atoms with van der Waals surface area (Å²) in [4.78, 5) is 25.9. The van der Waals surface area contributed by atoms with Gasteiger partial charge in [0.15, 0.2) is 0 Å². The Bertz CT molecular complexity index is 513. The molecule has 0 spiro atoms. The number of carbonyl (C=O) groups is 2. The van der Waals surface area contributed by atoms with Crippen molar-refractivity contribution in [2.75, 3.05) is 19.7 Å². The fourth-order valence-corrected chi connectivity index (χ4v) is 2.76. The van der Waals surface area contributed by atoms with Crippen molar-refractivity contribution < 1.29 is 14.3 Å². The van der Waals surface area contributed by atoms with Crippen molar-refractivity contribution in [2.45, 2.75) is 19.8 Å². The summed E-state index contributed by atoms with van der Waals surface area (Å²) in [6.45, 7) is 3.24. The van der Waals surface area contributed by atoms with Gasteiger partial charge in [-0.2, -0.15) is 0 Å². The molecule has 1 saturated heterocycles. The van der Waals surface area contributed by atoms with E-state index in [4.69, 9.17) is 16.3 Å². The Balaban J connectivity index is 2.07. The molecule has 1 atom stereocenters. The second-order valence-corrected chi connectivity index (χ2v) is 5.43. The van der Waals surface area contributed by atoms with Gasteiger partial charge < -0.3 is 14.2 Å². The predicted molar refractivity (Wildman–Crippen MR) is 75.7 cm³/mol. The van der Waals surface area contributed by atoms with Crippen molar-refractivity contribution in [3.63, 3.8) is 0 Å². The van der Waals surface area contributed by atoms with E-state index in [1.54, 1.807) is 35.7 Å². The third-order valence-electron chi connectivity index (χ3n) is 3.52. The molecule has 0 N–H and O–H groups in total. The zero-order chi connectivity index (χ0) is 14.7. The zero-order valence-corrected chi connectivity index (χ0v) is 12.5. The van der Waals surface area contributed by atoms with Crippen LogP contribution in [0.4, 0.5) is 0 Å². The molecule has 0 bridgehead atoms. The molecule has 20 heavy (non-hydrogen) atoms. The van der Waals surface area contributed by atoms with Gasteiger partial charge in [0.2, 0.25) is 0 Å². The van der Waals surface area contributed by atoms with Crippen LogP contribution >= 0.6 is 11.6 Å². The summed E-state index contributed by atoms with van der Waals surface area (Å²) >= 11 is 5.90. The molecular weight excluding hydrogens is 280 g/mol. The van der Waals surface area contributed by atoms with E-state index in [1.807, 2.05) is 0 Å². The number of hydrogen-bond donors (Lipinski definition) is 0. The summed E-state index contributed by atoms with van der Waals surface area (Å²) in [5, 5.41) is 0.537. The number of aryl methyl sites for hydroxylation is 1. The van der Waals surface area contributed by atoms with Crippen molar-refractivity contribution in [1.29, 1.82) is 0 Å². The van der Waals surface area contributed by atoms with E-state index in [9.17, 15) is 9.59 Å². The maximum absolute atomic E-state index is 12.5. The Hall–Kier alpha value is -1.49. The first kappa shape index (κ1) is 14.9. The SMILES string of the molecule is CCOC(=O)[C@H]1CCCN(C(=O)c2cc(Cl)cn2C)C1. The lowest BCUT2D eigenvalue weighted by molar-refractivity contribution is -0.149. The lowest BCUT2D eigenvalue weighted by atomic mass is 9.98. The molecule has 0 aromatic carbocycles. The van der Waals surface area contributed by atoms with Gasteiger partial charge >= 0.3 is 5.97 Å². The number of piperidine rings is 1. The van der Waals surface area contributed by atoms with Gasteiger partial charge in [-0.15, -0.1) is 0 Å². The number of nitrogens with zero attached hydrogens (tertiary/aromatic N) is 2.